The van der Waals surface area contributed by atoms with Crippen molar-refractivity contribution in [1.82, 2.24) is 9.38 Å². The summed E-state index contributed by atoms with van der Waals surface area (Å²) in [5, 5.41) is 9.73. The van der Waals surface area contributed by atoms with Gasteiger partial charge in [0.1, 0.15) is 11.6 Å². The molecule has 0 saturated heterocycles. The maximum absolute atomic E-state index is 9.73. The van der Waals surface area contributed by atoms with Crippen molar-refractivity contribution in [3.8, 4) is 28.4 Å². The SMILES string of the molecule is Oc1cccc(-c2nc(-c3ccccc3)c3ccccn23)c1.[Cl-]. The van der Waals surface area contributed by atoms with Crippen LogP contribution in [-0.4, -0.2) is 14.5 Å². The molecule has 0 bridgehead atoms. The second kappa shape index (κ2) is 6.15. The van der Waals surface area contributed by atoms with Crippen molar-refractivity contribution in [3.05, 3.63) is 79.0 Å². The van der Waals surface area contributed by atoms with Crippen molar-refractivity contribution < 1.29 is 17.5 Å². The lowest BCUT2D eigenvalue weighted by Gasteiger charge is -2.01. The van der Waals surface area contributed by atoms with Gasteiger partial charge in [-0.3, -0.25) is 4.40 Å². The van der Waals surface area contributed by atoms with Gasteiger partial charge in [0.15, 0.2) is 0 Å². The number of phenols is 1. The van der Waals surface area contributed by atoms with Gasteiger partial charge in [0.25, 0.3) is 0 Å². The Morgan fingerprint density at radius 1 is 0.783 bits per heavy atom. The number of halogens is 1. The second-order valence-electron chi connectivity index (χ2n) is 5.16. The molecule has 1 N–H and O–H groups in total. The first-order chi connectivity index (χ1) is 10.8. The van der Waals surface area contributed by atoms with Crippen molar-refractivity contribution in [2.75, 3.05) is 0 Å². The van der Waals surface area contributed by atoms with Gasteiger partial charge in [-0.2, -0.15) is 0 Å². The summed E-state index contributed by atoms with van der Waals surface area (Å²) in [7, 11) is 0. The molecule has 0 aliphatic carbocycles. The van der Waals surface area contributed by atoms with Gasteiger partial charge in [-0.25, -0.2) is 4.98 Å². The molecular weight excluding hydrogens is 308 g/mol. The Morgan fingerprint density at radius 3 is 2.30 bits per heavy atom. The topological polar surface area (TPSA) is 37.5 Å². The van der Waals surface area contributed by atoms with Gasteiger partial charge in [0.2, 0.25) is 0 Å². The van der Waals surface area contributed by atoms with E-state index in [-0.39, 0.29) is 18.2 Å². The number of hydrogen-bond donors (Lipinski definition) is 1. The number of rotatable bonds is 2. The van der Waals surface area contributed by atoms with E-state index in [0.29, 0.717) is 0 Å². The van der Waals surface area contributed by atoms with E-state index < -0.39 is 0 Å². The smallest absolute Gasteiger partial charge is 0.145 e. The summed E-state index contributed by atoms with van der Waals surface area (Å²) in [6, 6.07) is 23.4. The number of aromatic hydroxyl groups is 1. The molecule has 0 amide bonds. The first kappa shape index (κ1) is 15.1. The van der Waals surface area contributed by atoms with Crippen LogP contribution in [0.3, 0.4) is 0 Å². The van der Waals surface area contributed by atoms with E-state index >= 15 is 0 Å². The monoisotopic (exact) mass is 321 g/mol. The van der Waals surface area contributed by atoms with Crippen molar-refractivity contribution >= 4 is 5.52 Å². The quantitative estimate of drug-likeness (QED) is 0.605. The molecule has 0 aliphatic heterocycles. The maximum Gasteiger partial charge on any atom is 0.145 e. The highest BCUT2D eigenvalue weighted by Crippen LogP contribution is 2.30. The minimum Gasteiger partial charge on any atom is -1.00 e. The Bertz CT molecular complexity index is 948. The van der Waals surface area contributed by atoms with Crippen LogP contribution in [0.15, 0.2) is 79.0 Å². The zero-order valence-corrected chi connectivity index (χ0v) is 13.0. The van der Waals surface area contributed by atoms with E-state index in [9.17, 15) is 5.11 Å². The fourth-order valence-corrected chi connectivity index (χ4v) is 2.69. The Kier molecular flexibility index (Phi) is 4.04. The van der Waals surface area contributed by atoms with Crippen LogP contribution in [0.2, 0.25) is 0 Å². The predicted molar refractivity (Wildman–Crippen MR) is 87.7 cm³/mol. The Labute approximate surface area is 140 Å². The van der Waals surface area contributed by atoms with Crippen LogP contribution in [-0.2, 0) is 0 Å². The van der Waals surface area contributed by atoms with Gasteiger partial charge in [-0.05, 0) is 24.3 Å². The van der Waals surface area contributed by atoms with E-state index in [0.717, 1.165) is 28.2 Å². The summed E-state index contributed by atoms with van der Waals surface area (Å²) in [6.45, 7) is 0. The second-order valence-corrected chi connectivity index (χ2v) is 5.16. The molecule has 0 atom stereocenters. The van der Waals surface area contributed by atoms with E-state index in [1.165, 1.54) is 0 Å². The lowest BCUT2D eigenvalue weighted by atomic mass is 10.1. The average molecular weight is 322 g/mol. The number of fused-ring (bicyclic) bond motifs is 1. The van der Waals surface area contributed by atoms with Gasteiger partial charge < -0.3 is 17.5 Å². The molecule has 2 aromatic carbocycles. The van der Waals surface area contributed by atoms with E-state index in [1.807, 2.05) is 48.7 Å². The summed E-state index contributed by atoms with van der Waals surface area (Å²) >= 11 is 0. The molecule has 0 radical (unpaired) electrons. The van der Waals surface area contributed by atoms with Crippen molar-refractivity contribution in [2.24, 2.45) is 0 Å². The Balaban J connectivity index is 0.00000156. The summed E-state index contributed by atoms with van der Waals surface area (Å²) in [4.78, 5) is 4.82. The molecule has 2 heterocycles. The standard InChI is InChI=1S/C19H14N2O.ClH/c22-16-10-6-9-15(13-16)19-20-18(14-7-2-1-3-8-14)17-11-4-5-12-21(17)19;/h1-13,22H;1H/p-1. The minimum absolute atomic E-state index is 0. The average Bonchev–Trinajstić information content (AvgIpc) is 2.95. The van der Waals surface area contributed by atoms with Gasteiger partial charge in [-0.15, -0.1) is 0 Å². The highest BCUT2D eigenvalue weighted by Gasteiger charge is 2.13. The number of benzene rings is 2. The number of aromatic nitrogens is 2. The van der Waals surface area contributed by atoms with Crippen molar-refractivity contribution in [3.63, 3.8) is 0 Å². The predicted octanol–water partition coefficient (Wildman–Crippen LogP) is 1.38. The normalized spacial score (nSPS) is 10.4. The molecule has 114 valence electrons. The maximum atomic E-state index is 9.73. The molecule has 3 nitrogen and oxygen atoms in total. The first-order valence-corrected chi connectivity index (χ1v) is 7.15. The van der Waals surface area contributed by atoms with Crippen LogP contribution in [0.1, 0.15) is 0 Å². The van der Waals surface area contributed by atoms with Crippen LogP contribution in [0, 0.1) is 0 Å². The van der Waals surface area contributed by atoms with E-state index in [1.54, 1.807) is 12.1 Å². The van der Waals surface area contributed by atoms with Crippen molar-refractivity contribution in [1.29, 1.82) is 0 Å². The third kappa shape index (κ3) is 2.67. The first-order valence-electron chi connectivity index (χ1n) is 7.15. The van der Waals surface area contributed by atoms with Crippen LogP contribution in [0.5, 0.6) is 5.75 Å². The number of pyridine rings is 1. The lowest BCUT2D eigenvalue weighted by molar-refractivity contribution is -0.00000540. The highest BCUT2D eigenvalue weighted by atomic mass is 35.5. The van der Waals surface area contributed by atoms with Crippen LogP contribution in [0.4, 0.5) is 0 Å². The van der Waals surface area contributed by atoms with Gasteiger partial charge in [-0.1, -0.05) is 48.5 Å². The largest absolute Gasteiger partial charge is 1.00 e. The minimum atomic E-state index is 0. The summed E-state index contributed by atoms with van der Waals surface area (Å²) < 4.78 is 2.05. The van der Waals surface area contributed by atoms with Gasteiger partial charge in [0.05, 0.1) is 11.2 Å². The number of hydrogen-bond acceptors (Lipinski definition) is 2. The Morgan fingerprint density at radius 2 is 1.52 bits per heavy atom. The fraction of sp³-hybridized carbons (Fsp3) is 0. The van der Waals surface area contributed by atoms with Gasteiger partial charge in [0, 0.05) is 17.3 Å². The molecule has 4 rings (SSSR count). The molecular formula is C19H14ClN2O-. The number of phenolic OH excluding ortho intramolecular Hbond substituents is 1. The third-order valence-electron chi connectivity index (χ3n) is 3.70. The molecule has 4 heteroatoms. The number of imidazole rings is 1. The zero-order chi connectivity index (χ0) is 14.9. The van der Waals surface area contributed by atoms with Crippen LogP contribution in [0.25, 0.3) is 28.2 Å². The molecule has 0 saturated carbocycles. The van der Waals surface area contributed by atoms with Crippen molar-refractivity contribution in [2.45, 2.75) is 0 Å². The third-order valence-corrected chi connectivity index (χ3v) is 3.70. The van der Waals surface area contributed by atoms with E-state index in [2.05, 4.69) is 22.6 Å². The molecule has 0 spiro atoms. The molecule has 23 heavy (non-hydrogen) atoms. The molecule has 4 aromatic rings. The number of nitrogens with zero attached hydrogens (tertiary/aromatic N) is 2. The molecule has 0 fully saturated rings. The highest BCUT2D eigenvalue weighted by molar-refractivity contribution is 5.81. The summed E-state index contributed by atoms with van der Waals surface area (Å²) in [5.74, 6) is 1.07. The van der Waals surface area contributed by atoms with Crippen LogP contribution >= 0.6 is 0 Å². The zero-order valence-electron chi connectivity index (χ0n) is 12.2. The lowest BCUT2D eigenvalue weighted by Crippen LogP contribution is -3.00. The van der Waals surface area contributed by atoms with E-state index in [4.69, 9.17) is 4.98 Å². The Hall–Kier alpha value is -2.78. The summed E-state index contributed by atoms with van der Waals surface area (Å²) in [5.41, 5.74) is 3.97. The molecule has 0 aliphatic rings. The molecule has 2 aromatic heterocycles. The van der Waals surface area contributed by atoms with Crippen LogP contribution < -0.4 is 12.4 Å². The fourth-order valence-electron chi connectivity index (χ4n) is 2.69. The summed E-state index contributed by atoms with van der Waals surface area (Å²) in [6.07, 6.45) is 1.99. The van der Waals surface area contributed by atoms with Gasteiger partial charge >= 0.3 is 0 Å². The molecule has 0 unspecified atom stereocenters.